The van der Waals surface area contributed by atoms with Crippen LogP contribution in [0.1, 0.15) is 5.56 Å². The van der Waals surface area contributed by atoms with Gasteiger partial charge in [-0.15, -0.1) is 0 Å². The van der Waals surface area contributed by atoms with E-state index in [1.54, 1.807) is 30.3 Å². The summed E-state index contributed by atoms with van der Waals surface area (Å²) in [5.74, 6) is 0.223. The van der Waals surface area contributed by atoms with Gasteiger partial charge in [-0.25, -0.2) is 4.39 Å². The number of aryl methyl sites for hydroxylation is 1. The molecule has 0 radical (unpaired) electrons. The molecule has 3 nitrogen and oxygen atoms in total. The van der Waals surface area contributed by atoms with Crippen molar-refractivity contribution in [2.24, 2.45) is 0 Å². The monoisotopic (exact) mass is 232 g/mol. The van der Waals surface area contributed by atoms with Gasteiger partial charge in [-0.1, -0.05) is 6.07 Å². The molecule has 0 atom stereocenters. The van der Waals surface area contributed by atoms with Gasteiger partial charge in [0.2, 0.25) is 0 Å². The van der Waals surface area contributed by atoms with Gasteiger partial charge in [0, 0.05) is 6.07 Å². The molecule has 0 heterocycles. The topological polar surface area (TPSA) is 61.3 Å². The molecule has 4 N–H and O–H groups in total. The quantitative estimate of drug-likeness (QED) is 0.782. The van der Waals surface area contributed by atoms with Crippen molar-refractivity contribution in [1.29, 1.82) is 0 Å². The van der Waals surface area contributed by atoms with Crippen molar-refractivity contribution < 1.29 is 9.13 Å². The molecule has 0 aliphatic rings. The van der Waals surface area contributed by atoms with Gasteiger partial charge in [0.15, 0.2) is 11.6 Å². The molecule has 0 amide bonds. The molecule has 0 fully saturated rings. The van der Waals surface area contributed by atoms with E-state index in [2.05, 4.69) is 0 Å². The summed E-state index contributed by atoms with van der Waals surface area (Å²) in [5.41, 5.74) is 13.0. The van der Waals surface area contributed by atoms with Crippen LogP contribution in [0.5, 0.6) is 11.5 Å². The Bertz CT molecular complexity index is 555. The van der Waals surface area contributed by atoms with Crippen LogP contribution in [-0.4, -0.2) is 0 Å². The zero-order chi connectivity index (χ0) is 12.4. The van der Waals surface area contributed by atoms with Crippen molar-refractivity contribution in [2.75, 3.05) is 11.5 Å². The molecule has 4 heteroatoms. The second kappa shape index (κ2) is 4.33. The van der Waals surface area contributed by atoms with Crippen molar-refractivity contribution in [3.63, 3.8) is 0 Å². The summed E-state index contributed by atoms with van der Waals surface area (Å²) in [5, 5.41) is 0. The second-order valence-corrected chi connectivity index (χ2v) is 3.83. The van der Waals surface area contributed by atoms with Crippen molar-refractivity contribution in [3.05, 3.63) is 47.8 Å². The number of anilines is 2. The van der Waals surface area contributed by atoms with Gasteiger partial charge in [0.05, 0.1) is 11.4 Å². The zero-order valence-electron chi connectivity index (χ0n) is 9.41. The molecule has 0 aliphatic carbocycles. The summed E-state index contributed by atoms with van der Waals surface area (Å²) in [4.78, 5) is 0. The average molecular weight is 232 g/mol. The Morgan fingerprint density at radius 1 is 1.00 bits per heavy atom. The average Bonchev–Trinajstić information content (AvgIpc) is 2.29. The first-order valence-corrected chi connectivity index (χ1v) is 5.15. The Morgan fingerprint density at radius 3 is 2.47 bits per heavy atom. The van der Waals surface area contributed by atoms with Gasteiger partial charge < -0.3 is 16.2 Å². The van der Waals surface area contributed by atoms with Gasteiger partial charge in [0.25, 0.3) is 0 Å². The first-order chi connectivity index (χ1) is 8.06. The highest BCUT2D eigenvalue weighted by molar-refractivity contribution is 5.65. The largest absolute Gasteiger partial charge is 0.454 e. The lowest BCUT2D eigenvalue weighted by Crippen LogP contribution is -1.95. The van der Waals surface area contributed by atoms with Gasteiger partial charge in [0.1, 0.15) is 5.75 Å². The molecule has 0 aromatic heterocycles. The van der Waals surface area contributed by atoms with Crippen LogP contribution >= 0.6 is 0 Å². The molecule has 88 valence electrons. The van der Waals surface area contributed by atoms with E-state index in [0.717, 1.165) is 5.56 Å². The smallest absolute Gasteiger partial charge is 0.165 e. The number of hydrogen-bond donors (Lipinski definition) is 2. The Hall–Kier alpha value is -2.23. The number of ether oxygens (including phenoxy) is 1. The third kappa shape index (κ3) is 2.47. The lowest BCUT2D eigenvalue weighted by atomic mass is 10.2. The summed E-state index contributed by atoms with van der Waals surface area (Å²) in [7, 11) is 0. The van der Waals surface area contributed by atoms with E-state index >= 15 is 0 Å². The van der Waals surface area contributed by atoms with Crippen LogP contribution in [0.2, 0.25) is 0 Å². The van der Waals surface area contributed by atoms with E-state index < -0.39 is 5.82 Å². The zero-order valence-corrected chi connectivity index (χ0v) is 9.41. The standard InChI is InChI=1S/C13H13FN2O/c1-8-2-4-10(14)13(6-8)17-9-3-5-11(15)12(16)7-9/h2-7H,15-16H2,1H3. The minimum absolute atomic E-state index is 0.175. The van der Waals surface area contributed by atoms with Gasteiger partial charge in [-0.3, -0.25) is 0 Å². The number of nitrogens with two attached hydrogens (primary N) is 2. The fraction of sp³-hybridized carbons (Fsp3) is 0.0769. The van der Waals surface area contributed by atoms with Crippen LogP contribution in [0, 0.1) is 12.7 Å². The Balaban J connectivity index is 2.31. The number of benzene rings is 2. The van der Waals surface area contributed by atoms with E-state index in [-0.39, 0.29) is 5.75 Å². The maximum Gasteiger partial charge on any atom is 0.165 e. The molecule has 0 aliphatic heterocycles. The van der Waals surface area contributed by atoms with Gasteiger partial charge >= 0.3 is 0 Å². The van der Waals surface area contributed by atoms with Gasteiger partial charge in [-0.2, -0.15) is 0 Å². The maximum absolute atomic E-state index is 13.5. The fourth-order valence-electron chi connectivity index (χ4n) is 1.43. The molecule has 0 unspecified atom stereocenters. The van der Waals surface area contributed by atoms with Crippen molar-refractivity contribution in [1.82, 2.24) is 0 Å². The third-order valence-corrected chi connectivity index (χ3v) is 2.37. The molecule has 17 heavy (non-hydrogen) atoms. The first-order valence-electron chi connectivity index (χ1n) is 5.15. The van der Waals surface area contributed by atoms with Crippen molar-refractivity contribution >= 4 is 11.4 Å². The molecule has 2 rings (SSSR count). The van der Waals surface area contributed by atoms with Crippen molar-refractivity contribution in [2.45, 2.75) is 6.92 Å². The molecule has 2 aromatic rings. The minimum atomic E-state index is -0.411. The highest BCUT2D eigenvalue weighted by atomic mass is 19.1. The molecule has 0 spiro atoms. The molecular formula is C13H13FN2O. The lowest BCUT2D eigenvalue weighted by molar-refractivity contribution is 0.442. The Kier molecular flexibility index (Phi) is 2.87. The van der Waals surface area contributed by atoms with Crippen LogP contribution in [0.25, 0.3) is 0 Å². The van der Waals surface area contributed by atoms with Crippen molar-refractivity contribution in [3.8, 4) is 11.5 Å². The van der Waals surface area contributed by atoms with E-state index in [9.17, 15) is 4.39 Å². The van der Waals surface area contributed by atoms with E-state index in [0.29, 0.717) is 17.1 Å². The normalized spacial score (nSPS) is 10.2. The molecule has 0 saturated heterocycles. The highest BCUT2D eigenvalue weighted by Crippen LogP contribution is 2.28. The summed E-state index contributed by atoms with van der Waals surface area (Å²) in [6.45, 7) is 1.86. The summed E-state index contributed by atoms with van der Waals surface area (Å²) >= 11 is 0. The lowest BCUT2D eigenvalue weighted by Gasteiger charge is -2.09. The SMILES string of the molecule is Cc1ccc(F)c(Oc2ccc(N)c(N)c2)c1. The van der Waals surface area contributed by atoms with E-state index in [4.69, 9.17) is 16.2 Å². The number of rotatable bonds is 2. The van der Waals surface area contributed by atoms with Gasteiger partial charge in [-0.05, 0) is 36.8 Å². The highest BCUT2D eigenvalue weighted by Gasteiger charge is 2.06. The minimum Gasteiger partial charge on any atom is -0.454 e. The van der Waals surface area contributed by atoms with Crippen LogP contribution in [-0.2, 0) is 0 Å². The predicted octanol–water partition coefficient (Wildman–Crippen LogP) is 3.09. The molecule has 2 aromatic carbocycles. The number of nitrogen functional groups attached to an aromatic ring is 2. The predicted molar refractivity (Wildman–Crippen MR) is 66.5 cm³/mol. The van der Waals surface area contributed by atoms with Crippen LogP contribution < -0.4 is 16.2 Å². The van der Waals surface area contributed by atoms with Crippen LogP contribution in [0.3, 0.4) is 0 Å². The van der Waals surface area contributed by atoms with E-state index in [1.807, 2.05) is 6.92 Å². The van der Waals surface area contributed by atoms with E-state index in [1.165, 1.54) is 6.07 Å². The van der Waals surface area contributed by atoms with Crippen LogP contribution in [0.15, 0.2) is 36.4 Å². The third-order valence-electron chi connectivity index (χ3n) is 2.37. The Morgan fingerprint density at radius 2 is 1.76 bits per heavy atom. The summed E-state index contributed by atoms with van der Waals surface area (Å²) < 4.78 is 18.9. The first kappa shape index (κ1) is 11.3. The summed E-state index contributed by atoms with van der Waals surface area (Å²) in [6, 6.07) is 9.51. The molecule has 0 bridgehead atoms. The number of hydrogen-bond acceptors (Lipinski definition) is 3. The second-order valence-electron chi connectivity index (χ2n) is 3.83. The van der Waals surface area contributed by atoms with Crippen LogP contribution in [0.4, 0.5) is 15.8 Å². The maximum atomic E-state index is 13.5. The fourth-order valence-corrected chi connectivity index (χ4v) is 1.43. The Labute approximate surface area is 98.8 Å². The number of halogens is 1. The summed E-state index contributed by atoms with van der Waals surface area (Å²) in [6.07, 6.45) is 0. The molecular weight excluding hydrogens is 219 g/mol. The molecule has 0 saturated carbocycles.